The molecule has 0 bridgehead atoms. The third kappa shape index (κ3) is 5.57. The zero-order chi connectivity index (χ0) is 19.9. The number of carbonyl (C=O) groups is 2. The number of carbonyl (C=O) groups excluding carboxylic acids is 2. The summed E-state index contributed by atoms with van der Waals surface area (Å²) < 4.78 is 0. The fourth-order valence-corrected chi connectivity index (χ4v) is 2.94. The molecule has 0 atom stereocenters. The van der Waals surface area contributed by atoms with Crippen LogP contribution in [0.25, 0.3) is 0 Å². The van der Waals surface area contributed by atoms with Crippen LogP contribution in [0.2, 0.25) is 10.0 Å². The number of anilines is 1. The Morgan fingerprint density at radius 1 is 0.786 bits per heavy atom. The molecule has 2 amide bonds. The topological polar surface area (TPSA) is 67.4 Å². The molecule has 5 nitrogen and oxygen atoms in total. The Morgan fingerprint density at radius 3 is 2.07 bits per heavy atom. The predicted octanol–water partition coefficient (Wildman–Crippen LogP) is 5.11. The summed E-state index contributed by atoms with van der Waals surface area (Å²) in [5.41, 5.74) is 4.61. The van der Waals surface area contributed by atoms with Crippen LogP contribution >= 0.6 is 23.2 Å². The molecule has 0 fully saturated rings. The number of halogens is 2. The average molecular weight is 415 g/mol. The molecular weight excluding hydrogens is 399 g/mol. The number of amides is 2. The van der Waals surface area contributed by atoms with Crippen molar-refractivity contribution in [2.45, 2.75) is 6.61 Å². The Morgan fingerprint density at radius 2 is 1.43 bits per heavy atom. The lowest BCUT2D eigenvalue weighted by Crippen LogP contribution is -2.23. The summed E-state index contributed by atoms with van der Waals surface area (Å²) in [4.78, 5) is 29.6. The van der Waals surface area contributed by atoms with Crippen molar-refractivity contribution in [2.24, 2.45) is 0 Å². The maximum absolute atomic E-state index is 12.3. The lowest BCUT2D eigenvalue weighted by atomic mass is 10.1. The van der Waals surface area contributed by atoms with Gasteiger partial charge < -0.3 is 5.32 Å². The van der Waals surface area contributed by atoms with E-state index >= 15 is 0 Å². The number of hydroxylamine groups is 1. The van der Waals surface area contributed by atoms with E-state index < -0.39 is 0 Å². The van der Waals surface area contributed by atoms with Crippen molar-refractivity contribution in [1.29, 1.82) is 0 Å². The van der Waals surface area contributed by atoms with Gasteiger partial charge in [0.1, 0.15) is 0 Å². The summed E-state index contributed by atoms with van der Waals surface area (Å²) in [5, 5.41) is 3.47. The molecule has 0 saturated carbocycles. The SMILES string of the molecule is O=C(NOCc1ccccc1)c1ccc(NC(=O)c2cc(Cl)cc(Cl)c2)cc1. The van der Waals surface area contributed by atoms with Crippen molar-refractivity contribution in [3.8, 4) is 0 Å². The van der Waals surface area contributed by atoms with Crippen molar-refractivity contribution in [3.05, 3.63) is 99.5 Å². The van der Waals surface area contributed by atoms with Crippen LogP contribution < -0.4 is 10.8 Å². The summed E-state index contributed by atoms with van der Waals surface area (Å²) >= 11 is 11.8. The third-order valence-corrected chi connectivity index (χ3v) is 4.21. The summed E-state index contributed by atoms with van der Waals surface area (Å²) in [6.07, 6.45) is 0. The van der Waals surface area contributed by atoms with E-state index in [9.17, 15) is 9.59 Å². The Hall–Kier alpha value is -2.86. The molecule has 0 aromatic heterocycles. The van der Waals surface area contributed by atoms with E-state index in [0.29, 0.717) is 26.9 Å². The van der Waals surface area contributed by atoms with Crippen LogP contribution in [0.3, 0.4) is 0 Å². The van der Waals surface area contributed by atoms with Crippen molar-refractivity contribution >= 4 is 40.7 Å². The molecule has 142 valence electrons. The number of hydrogen-bond donors (Lipinski definition) is 2. The molecule has 3 aromatic rings. The van der Waals surface area contributed by atoms with Crippen molar-refractivity contribution in [3.63, 3.8) is 0 Å². The second-order valence-corrected chi connectivity index (χ2v) is 6.77. The Kier molecular flexibility index (Phi) is 6.66. The molecular formula is C21H16Cl2N2O3. The zero-order valence-corrected chi connectivity index (χ0v) is 16.1. The zero-order valence-electron chi connectivity index (χ0n) is 14.6. The van der Waals surface area contributed by atoms with E-state index in [1.165, 1.54) is 12.1 Å². The van der Waals surface area contributed by atoms with Gasteiger partial charge in [-0.25, -0.2) is 5.48 Å². The van der Waals surface area contributed by atoms with Crippen LogP contribution in [-0.4, -0.2) is 11.8 Å². The Labute approximate surface area is 172 Å². The van der Waals surface area contributed by atoms with E-state index in [4.69, 9.17) is 28.0 Å². The predicted molar refractivity (Wildman–Crippen MR) is 110 cm³/mol. The van der Waals surface area contributed by atoms with Gasteiger partial charge in [0.2, 0.25) is 0 Å². The van der Waals surface area contributed by atoms with E-state index in [0.717, 1.165) is 5.56 Å². The molecule has 7 heteroatoms. The van der Waals surface area contributed by atoms with Gasteiger partial charge >= 0.3 is 0 Å². The first kappa shape index (κ1) is 19.9. The molecule has 2 N–H and O–H groups in total. The van der Waals surface area contributed by atoms with Gasteiger partial charge in [0.05, 0.1) is 6.61 Å². The normalized spacial score (nSPS) is 10.4. The maximum Gasteiger partial charge on any atom is 0.274 e. The fourth-order valence-electron chi connectivity index (χ4n) is 2.41. The largest absolute Gasteiger partial charge is 0.322 e. The number of hydrogen-bond acceptors (Lipinski definition) is 3. The fraction of sp³-hybridized carbons (Fsp3) is 0.0476. The van der Waals surface area contributed by atoms with Crippen LogP contribution in [0.4, 0.5) is 5.69 Å². The molecule has 28 heavy (non-hydrogen) atoms. The Bertz CT molecular complexity index is 956. The standard InChI is InChI=1S/C21H16Cl2N2O3/c22-17-10-16(11-18(23)12-17)20(26)24-19-8-6-15(7-9-19)21(27)25-28-13-14-4-2-1-3-5-14/h1-12H,13H2,(H,24,26)(H,25,27). The van der Waals surface area contributed by atoms with Gasteiger partial charge in [0.25, 0.3) is 11.8 Å². The van der Waals surface area contributed by atoms with E-state index in [2.05, 4.69) is 10.8 Å². The second kappa shape index (κ2) is 9.37. The van der Waals surface area contributed by atoms with Gasteiger partial charge in [-0.05, 0) is 48.0 Å². The minimum absolute atomic E-state index is 0.267. The molecule has 0 saturated heterocycles. The smallest absolute Gasteiger partial charge is 0.274 e. The van der Waals surface area contributed by atoms with Crippen LogP contribution in [0.15, 0.2) is 72.8 Å². The minimum atomic E-state index is -0.379. The number of benzene rings is 3. The molecule has 0 unspecified atom stereocenters. The first-order valence-corrected chi connectivity index (χ1v) is 9.10. The van der Waals surface area contributed by atoms with Crippen molar-refractivity contribution < 1.29 is 14.4 Å². The highest BCUT2D eigenvalue weighted by atomic mass is 35.5. The lowest BCUT2D eigenvalue weighted by Gasteiger charge is -2.08. The van der Waals surface area contributed by atoms with Gasteiger partial charge in [0, 0.05) is 26.9 Å². The quantitative estimate of drug-likeness (QED) is 0.550. The summed E-state index contributed by atoms with van der Waals surface area (Å²) in [6, 6.07) is 20.5. The maximum atomic E-state index is 12.3. The molecule has 0 heterocycles. The third-order valence-electron chi connectivity index (χ3n) is 3.78. The molecule has 3 aromatic carbocycles. The van der Waals surface area contributed by atoms with Gasteiger partial charge in [-0.2, -0.15) is 0 Å². The van der Waals surface area contributed by atoms with E-state index in [1.807, 2.05) is 30.3 Å². The van der Waals surface area contributed by atoms with Crippen LogP contribution in [0, 0.1) is 0 Å². The number of rotatable bonds is 6. The summed E-state index contributed by atoms with van der Waals surface area (Å²) in [7, 11) is 0. The highest BCUT2D eigenvalue weighted by molar-refractivity contribution is 6.35. The van der Waals surface area contributed by atoms with Crippen LogP contribution in [0.1, 0.15) is 26.3 Å². The van der Waals surface area contributed by atoms with Gasteiger partial charge in [0.15, 0.2) is 0 Å². The minimum Gasteiger partial charge on any atom is -0.322 e. The molecule has 0 aliphatic heterocycles. The molecule has 0 aliphatic carbocycles. The lowest BCUT2D eigenvalue weighted by molar-refractivity contribution is 0.0233. The van der Waals surface area contributed by atoms with Gasteiger partial charge in [-0.3, -0.25) is 14.4 Å². The first-order chi connectivity index (χ1) is 13.5. The Balaban J connectivity index is 1.55. The average Bonchev–Trinajstić information content (AvgIpc) is 2.68. The second-order valence-electron chi connectivity index (χ2n) is 5.90. The van der Waals surface area contributed by atoms with Crippen molar-refractivity contribution in [1.82, 2.24) is 5.48 Å². The van der Waals surface area contributed by atoms with E-state index in [1.54, 1.807) is 30.3 Å². The summed E-state index contributed by atoms with van der Waals surface area (Å²) in [5.74, 6) is -0.733. The highest BCUT2D eigenvalue weighted by Gasteiger charge is 2.10. The summed E-state index contributed by atoms with van der Waals surface area (Å²) in [6.45, 7) is 0.267. The van der Waals surface area contributed by atoms with Crippen LogP contribution in [0.5, 0.6) is 0 Å². The molecule has 0 aliphatic rings. The van der Waals surface area contributed by atoms with Crippen LogP contribution in [-0.2, 0) is 11.4 Å². The first-order valence-electron chi connectivity index (χ1n) is 8.35. The highest BCUT2D eigenvalue weighted by Crippen LogP contribution is 2.20. The van der Waals surface area contributed by atoms with Crippen molar-refractivity contribution in [2.75, 3.05) is 5.32 Å². The van der Waals surface area contributed by atoms with Gasteiger partial charge in [-0.15, -0.1) is 0 Å². The molecule has 0 radical (unpaired) electrons. The molecule has 3 rings (SSSR count). The van der Waals surface area contributed by atoms with Gasteiger partial charge in [-0.1, -0.05) is 53.5 Å². The molecule has 0 spiro atoms. The monoisotopic (exact) mass is 414 g/mol. The van der Waals surface area contributed by atoms with E-state index in [-0.39, 0.29) is 18.4 Å². The number of nitrogens with one attached hydrogen (secondary N) is 2.